The number of para-hydroxylation sites is 1. The van der Waals surface area contributed by atoms with E-state index in [1.165, 1.54) is 37.8 Å². The van der Waals surface area contributed by atoms with E-state index in [0.29, 0.717) is 6.04 Å². The largest absolute Gasteiger partial charge is 0.496 e. The number of methoxy groups -OCH3 is 1. The highest BCUT2D eigenvalue weighted by Gasteiger charge is 2.13. The standard InChI is InChI=1S/C16H26N2O/c1-18(12-10-15-8-5-6-11-17-15)13-14-7-3-4-9-16(14)19-2/h3-4,7,9,15,17H,5-6,8,10-13H2,1-2H3. The zero-order valence-corrected chi connectivity index (χ0v) is 12.2. The van der Waals surface area contributed by atoms with Crippen LogP contribution >= 0.6 is 0 Å². The van der Waals surface area contributed by atoms with Gasteiger partial charge in [0.05, 0.1) is 7.11 Å². The number of nitrogens with zero attached hydrogens (tertiary/aromatic N) is 1. The first-order valence-electron chi connectivity index (χ1n) is 7.33. The molecule has 1 aliphatic rings. The van der Waals surface area contributed by atoms with Crippen molar-refractivity contribution >= 4 is 0 Å². The fourth-order valence-corrected chi connectivity index (χ4v) is 2.75. The summed E-state index contributed by atoms with van der Waals surface area (Å²) in [6.45, 7) is 3.29. The average molecular weight is 262 g/mol. The first kappa shape index (κ1) is 14.4. The number of hydrogen-bond donors (Lipinski definition) is 1. The summed E-state index contributed by atoms with van der Waals surface area (Å²) in [6.07, 6.45) is 5.30. The van der Waals surface area contributed by atoms with Crippen LogP contribution in [0, 0.1) is 0 Å². The highest BCUT2D eigenvalue weighted by atomic mass is 16.5. The predicted molar refractivity (Wildman–Crippen MR) is 79.6 cm³/mol. The van der Waals surface area contributed by atoms with Gasteiger partial charge in [-0.2, -0.15) is 0 Å². The van der Waals surface area contributed by atoms with Gasteiger partial charge in [-0.05, 0) is 45.5 Å². The highest BCUT2D eigenvalue weighted by Crippen LogP contribution is 2.19. The Labute approximate surface area is 116 Å². The van der Waals surface area contributed by atoms with Gasteiger partial charge in [-0.15, -0.1) is 0 Å². The molecule has 0 aromatic heterocycles. The smallest absolute Gasteiger partial charge is 0.123 e. The van der Waals surface area contributed by atoms with Crippen molar-refractivity contribution in [3.63, 3.8) is 0 Å². The lowest BCUT2D eigenvalue weighted by atomic mass is 10.0. The SMILES string of the molecule is COc1ccccc1CN(C)CCC1CCCCN1. The van der Waals surface area contributed by atoms with Crippen molar-refractivity contribution in [3.8, 4) is 5.75 Å². The van der Waals surface area contributed by atoms with Gasteiger partial charge in [-0.25, -0.2) is 0 Å². The summed E-state index contributed by atoms with van der Waals surface area (Å²) in [7, 11) is 3.93. The van der Waals surface area contributed by atoms with Crippen molar-refractivity contribution in [1.29, 1.82) is 0 Å². The first-order valence-corrected chi connectivity index (χ1v) is 7.33. The quantitative estimate of drug-likeness (QED) is 0.853. The zero-order chi connectivity index (χ0) is 13.5. The van der Waals surface area contributed by atoms with Crippen LogP contribution in [-0.4, -0.2) is 38.2 Å². The molecule has 1 aromatic carbocycles. The predicted octanol–water partition coefficient (Wildman–Crippen LogP) is 2.66. The lowest BCUT2D eigenvalue weighted by molar-refractivity contribution is 0.278. The molecule has 0 bridgehead atoms. The van der Waals surface area contributed by atoms with E-state index in [1.807, 2.05) is 12.1 Å². The van der Waals surface area contributed by atoms with Crippen molar-refractivity contribution in [2.45, 2.75) is 38.3 Å². The Morgan fingerprint density at radius 1 is 1.32 bits per heavy atom. The van der Waals surface area contributed by atoms with E-state index in [-0.39, 0.29) is 0 Å². The van der Waals surface area contributed by atoms with Gasteiger partial charge in [0, 0.05) is 18.2 Å². The molecule has 1 N–H and O–H groups in total. The minimum absolute atomic E-state index is 0.717. The van der Waals surface area contributed by atoms with Crippen molar-refractivity contribution < 1.29 is 4.74 Å². The molecule has 0 aliphatic carbocycles. The molecule has 3 nitrogen and oxygen atoms in total. The minimum atomic E-state index is 0.717. The van der Waals surface area contributed by atoms with E-state index >= 15 is 0 Å². The molecule has 106 valence electrons. The number of piperidine rings is 1. The van der Waals surface area contributed by atoms with Crippen LogP contribution in [0.25, 0.3) is 0 Å². The van der Waals surface area contributed by atoms with Gasteiger partial charge >= 0.3 is 0 Å². The van der Waals surface area contributed by atoms with Gasteiger partial charge in [0.2, 0.25) is 0 Å². The molecule has 0 amide bonds. The normalized spacial score (nSPS) is 19.6. The van der Waals surface area contributed by atoms with Crippen LogP contribution in [0.1, 0.15) is 31.2 Å². The number of hydrogen-bond acceptors (Lipinski definition) is 3. The Hall–Kier alpha value is -1.06. The van der Waals surface area contributed by atoms with Gasteiger partial charge in [0.15, 0.2) is 0 Å². The average Bonchev–Trinajstić information content (AvgIpc) is 2.47. The van der Waals surface area contributed by atoms with Crippen LogP contribution in [0.3, 0.4) is 0 Å². The molecule has 1 unspecified atom stereocenters. The minimum Gasteiger partial charge on any atom is -0.496 e. The molecule has 19 heavy (non-hydrogen) atoms. The Bertz CT molecular complexity index is 375. The van der Waals surface area contributed by atoms with Crippen LogP contribution in [0.4, 0.5) is 0 Å². The monoisotopic (exact) mass is 262 g/mol. The van der Waals surface area contributed by atoms with Crippen LogP contribution in [0.5, 0.6) is 5.75 Å². The first-order chi connectivity index (χ1) is 9.29. The van der Waals surface area contributed by atoms with Gasteiger partial charge < -0.3 is 15.0 Å². The lowest BCUT2D eigenvalue weighted by Crippen LogP contribution is -2.36. The van der Waals surface area contributed by atoms with E-state index in [4.69, 9.17) is 4.74 Å². The Morgan fingerprint density at radius 2 is 2.16 bits per heavy atom. The molecular formula is C16H26N2O. The van der Waals surface area contributed by atoms with Crippen molar-refractivity contribution in [2.24, 2.45) is 0 Å². The fraction of sp³-hybridized carbons (Fsp3) is 0.625. The van der Waals surface area contributed by atoms with Crippen molar-refractivity contribution in [2.75, 3.05) is 27.2 Å². The molecular weight excluding hydrogens is 236 g/mol. The topological polar surface area (TPSA) is 24.5 Å². The molecule has 1 atom stereocenters. The molecule has 1 fully saturated rings. The maximum absolute atomic E-state index is 5.40. The number of rotatable bonds is 6. The van der Waals surface area contributed by atoms with Crippen LogP contribution in [0.2, 0.25) is 0 Å². The Morgan fingerprint density at radius 3 is 2.89 bits per heavy atom. The molecule has 1 saturated heterocycles. The highest BCUT2D eigenvalue weighted by molar-refractivity contribution is 5.32. The van der Waals surface area contributed by atoms with Crippen molar-refractivity contribution in [1.82, 2.24) is 10.2 Å². The molecule has 0 radical (unpaired) electrons. The molecule has 3 heteroatoms. The van der Waals surface area contributed by atoms with Crippen LogP contribution < -0.4 is 10.1 Å². The second-order valence-corrected chi connectivity index (χ2v) is 5.49. The molecule has 1 heterocycles. The maximum Gasteiger partial charge on any atom is 0.123 e. The Kier molecular flexibility index (Phi) is 5.67. The van der Waals surface area contributed by atoms with E-state index < -0.39 is 0 Å². The number of ether oxygens (including phenoxy) is 1. The summed E-state index contributed by atoms with van der Waals surface area (Å²) >= 11 is 0. The summed E-state index contributed by atoms with van der Waals surface area (Å²) in [5, 5.41) is 3.61. The third-order valence-corrected chi connectivity index (χ3v) is 3.90. The fourth-order valence-electron chi connectivity index (χ4n) is 2.75. The third-order valence-electron chi connectivity index (χ3n) is 3.90. The van der Waals surface area contributed by atoms with Crippen LogP contribution in [-0.2, 0) is 6.54 Å². The number of benzene rings is 1. The van der Waals surface area contributed by atoms with Gasteiger partial charge in [-0.3, -0.25) is 0 Å². The van der Waals surface area contributed by atoms with E-state index in [9.17, 15) is 0 Å². The summed E-state index contributed by atoms with van der Waals surface area (Å²) in [6, 6.07) is 9.00. The molecule has 1 aliphatic heterocycles. The Balaban J connectivity index is 1.78. The zero-order valence-electron chi connectivity index (χ0n) is 12.2. The molecule has 2 rings (SSSR count). The summed E-state index contributed by atoms with van der Waals surface area (Å²) in [5.74, 6) is 0.991. The second kappa shape index (κ2) is 7.51. The van der Waals surface area contributed by atoms with Gasteiger partial charge in [0.1, 0.15) is 5.75 Å². The third kappa shape index (κ3) is 4.51. The van der Waals surface area contributed by atoms with E-state index in [0.717, 1.165) is 18.8 Å². The summed E-state index contributed by atoms with van der Waals surface area (Å²) in [5.41, 5.74) is 1.27. The van der Waals surface area contributed by atoms with Crippen LogP contribution in [0.15, 0.2) is 24.3 Å². The lowest BCUT2D eigenvalue weighted by Gasteiger charge is -2.26. The molecule has 0 spiro atoms. The van der Waals surface area contributed by atoms with E-state index in [2.05, 4.69) is 29.4 Å². The number of nitrogens with one attached hydrogen (secondary N) is 1. The van der Waals surface area contributed by atoms with Gasteiger partial charge in [-0.1, -0.05) is 24.6 Å². The second-order valence-electron chi connectivity index (χ2n) is 5.49. The summed E-state index contributed by atoms with van der Waals surface area (Å²) < 4.78 is 5.40. The summed E-state index contributed by atoms with van der Waals surface area (Å²) in [4.78, 5) is 2.38. The van der Waals surface area contributed by atoms with Gasteiger partial charge in [0.25, 0.3) is 0 Å². The van der Waals surface area contributed by atoms with E-state index in [1.54, 1.807) is 7.11 Å². The molecule has 1 aromatic rings. The van der Waals surface area contributed by atoms with Crippen molar-refractivity contribution in [3.05, 3.63) is 29.8 Å². The molecule has 0 saturated carbocycles. The maximum atomic E-state index is 5.40.